The number of rotatable bonds is 2. The summed E-state index contributed by atoms with van der Waals surface area (Å²) in [6, 6.07) is 8.32. The minimum atomic E-state index is -0.0210. The van der Waals surface area contributed by atoms with Gasteiger partial charge < -0.3 is 5.32 Å². The number of benzene rings is 1. The molecule has 0 spiro atoms. The molecule has 1 heterocycles. The average Bonchev–Trinajstić information content (AvgIpc) is 2.27. The highest BCUT2D eigenvalue weighted by Crippen LogP contribution is 2.28. The zero-order valence-electron chi connectivity index (χ0n) is 10.5. The number of anilines is 1. The Bertz CT molecular complexity index is 417. The minimum absolute atomic E-state index is 0.0210. The smallest absolute Gasteiger partial charge is 0.239 e. The first kappa shape index (κ1) is 11.9. The van der Waals surface area contributed by atoms with Gasteiger partial charge in [-0.1, -0.05) is 18.2 Å². The third-order valence-corrected chi connectivity index (χ3v) is 3.11. The molecule has 0 saturated heterocycles. The van der Waals surface area contributed by atoms with E-state index in [4.69, 9.17) is 0 Å². The summed E-state index contributed by atoms with van der Waals surface area (Å²) in [6.07, 6.45) is 0.796. The van der Waals surface area contributed by atoms with E-state index in [-0.39, 0.29) is 17.9 Å². The van der Waals surface area contributed by atoms with Gasteiger partial charge in [-0.15, -0.1) is 0 Å². The first-order valence-electron chi connectivity index (χ1n) is 5.90. The van der Waals surface area contributed by atoms with Crippen molar-refractivity contribution in [3.63, 3.8) is 0 Å². The number of nitrogens with one attached hydrogen (secondary N) is 2. The molecule has 0 aromatic heterocycles. The quantitative estimate of drug-likeness (QED) is 0.756. The number of amides is 1. The Kier molecular flexibility index (Phi) is 3.33. The van der Waals surface area contributed by atoms with Crippen LogP contribution < -0.4 is 10.7 Å². The van der Waals surface area contributed by atoms with E-state index in [0.717, 1.165) is 12.1 Å². The van der Waals surface area contributed by atoms with E-state index < -0.39 is 0 Å². The van der Waals surface area contributed by atoms with Crippen LogP contribution in [0.4, 0.5) is 5.69 Å². The molecule has 0 saturated carbocycles. The van der Waals surface area contributed by atoms with Crippen LogP contribution >= 0.6 is 0 Å². The third-order valence-electron chi connectivity index (χ3n) is 3.11. The molecule has 1 aliphatic heterocycles. The monoisotopic (exact) mass is 233 g/mol. The number of hydrogen-bond acceptors (Lipinski definition) is 3. The number of hydrazine groups is 1. The van der Waals surface area contributed by atoms with Crippen LogP contribution in [0.1, 0.15) is 12.5 Å². The lowest BCUT2D eigenvalue weighted by atomic mass is 9.87. The van der Waals surface area contributed by atoms with Gasteiger partial charge in [0.15, 0.2) is 0 Å². The predicted octanol–water partition coefficient (Wildman–Crippen LogP) is 1.25. The van der Waals surface area contributed by atoms with Crippen LogP contribution in [0.15, 0.2) is 24.3 Å². The second-order valence-electron chi connectivity index (χ2n) is 4.77. The van der Waals surface area contributed by atoms with Crippen LogP contribution in [0.2, 0.25) is 0 Å². The van der Waals surface area contributed by atoms with E-state index in [1.165, 1.54) is 5.56 Å². The molecule has 4 nitrogen and oxygen atoms in total. The second-order valence-corrected chi connectivity index (χ2v) is 4.77. The Hall–Kier alpha value is -1.55. The molecule has 4 heteroatoms. The maximum atomic E-state index is 12.0. The summed E-state index contributed by atoms with van der Waals surface area (Å²) in [5.41, 5.74) is 5.19. The van der Waals surface area contributed by atoms with E-state index in [1.54, 1.807) is 5.01 Å². The number of nitrogens with zero attached hydrogens (tertiary/aromatic N) is 1. The summed E-state index contributed by atoms with van der Waals surface area (Å²) < 4.78 is 0. The fourth-order valence-electron chi connectivity index (χ4n) is 2.22. The number of carbonyl (C=O) groups excluding carboxylic acids is 1. The molecule has 92 valence electrons. The van der Waals surface area contributed by atoms with Crippen molar-refractivity contribution in [3.8, 4) is 0 Å². The summed E-state index contributed by atoms with van der Waals surface area (Å²) in [5, 5.41) is 5.07. The summed E-state index contributed by atoms with van der Waals surface area (Å²) >= 11 is 0. The van der Waals surface area contributed by atoms with Crippen molar-refractivity contribution in [2.24, 2.45) is 5.92 Å². The van der Waals surface area contributed by atoms with Crippen LogP contribution in [0.25, 0.3) is 0 Å². The van der Waals surface area contributed by atoms with Crippen LogP contribution in [0, 0.1) is 5.92 Å². The van der Waals surface area contributed by atoms with E-state index in [0.29, 0.717) is 0 Å². The van der Waals surface area contributed by atoms with Gasteiger partial charge in [0.05, 0.1) is 5.92 Å². The lowest BCUT2D eigenvalue weighted by Gasteiger charge is -2.32. The van der Waals surface area contributed by atoms with Gasteiger partial charge in [-0.05, 0) is 25.0 Å². The Balaban J connectivity index is 2.14. The molecule has 0 bridgehead atoms. The summed E-state index contributed by atoms with van der Waals surface area (Å²) in [6.45, 7) is 2.05. The van der Waals surface area contributed by atoms with Crippen molar-refractivity contribution in [2.75, 3.05) is 19.4 Å². The zero-order valence-corrected chi connectivity index (χ0v) is 10.5. The number of carbonyl (C=O) groups is 1. The van der Waals surface area contributed by atoms with Crippen molar-refractivity contribution in [3.05, 3.63) is 29.8 Å². The summed E-state index contributed by atoms with van der Waals surface area (Å²) in [4.78, 5) is 12.0. The van der Waals surface area contributed by atoms with Gasteiger partial charge in [-0.3, -0.25) is 10.2 Å². The minimum Gasteiger partial charge on any atom is -0.382 e. The van der Waals surface area contributed by atoms with Gasteiger partial charge in [0, 0.05) is 25.8 Å². The number of para-hydroxylation sites is 1. The highest BCUT2D eigenvalue weighted by molar-refractivity contribution is 5.81. The molecule has 2 atom stereocenters. The van der Waals surface area contributed by atoms with Crippen molar-refractivity contribution in [1.29, 1.82) is 0 Å². The van der Waals surface area contributed by atoms with Gasteiger partial charge in [0.1, 0.15) is 0 Å². The highest BCUT2D eigenvalue weighted by atomic mass is 16.2. The van der Waals surface area contributed by atoms with Gasteiger partial charge >= 0.3 is 0 Å². The van der Waals surface area contributed by atoms with Crippen molar-refractivity contribution in [1.82, 2.24) is 10.4 Å². The molecule has 2 rings (SSSR count). The molecular formula is C13H19N3O. The lowest BCUT2D eigenvalue weighted by Crippen LogP contribution is -2.47. The Morgan fingerprint density at radius 1 is 1.41 bits per heavy atom. The summed E-state index contributed by atoms with van der Waals surface area (Å²) in [5.74, 6) is 0.0526. The standard InChI is InChI=1S/C13H19N3O/c1-9-11(13(17)15-16(2)3)8-10-6-4-5-7-12(10)14-9/h4-7,9,11,14H,8H2,1-3H3,(H,15,17). The highest BCUT2D eigenvalue weighted by Gasteiger charge is 2.30. The first-order valence-corrected chi connectivity index (χ1v) is 5.90. The Labute approximate surface area is 102 Å². The Morgan fingerprint density at radius 3 is 2.82 bits per heavy atom. The molecule has 2 unspecified atom stereocenters. The Morgan fingerprint density at radius 2 is 2.12 bits per heavy atom. The van der Waals surface area contributed by atoms with Crippen LogP contribution in [-0.2, 0) is 11.2 Å². The molecule has 0 aliphatic carbocycles. The predicted molar refractivity (Wildman–Crippen MR) is 68.6 cm³/mol. The van der Waals surface area contributed by atoms with Crippen LogP contribution in [0.3, 0.4) is 0 Å². The lowest BCUT2D eigenvalue weighted by molar-refractivity contribution is -0.129. The van der Waals surface area contributed by atoms with Crippen LogP contribution in [-0.4, -0.2) is 31.1 Å². The summed E-state index contributed by atoms with van der Waals surface area (Å²) in [7, 11) is 3.65. The molecule has 17 heavy (non-hydrogen) atoms. The van der Waals surface area contributed by atoms with Crippen LogP contribution in [0.5, 0.6) is 0 Å². The third kappa shape index (κ3) is 2.58. The maximum absolute atomic E-state index is 12.0. The topological polar surface area (TPSA) is 44.4 Å². The van der Waals surface area contributed by atoms with Gasteiger partial charge in [0.25, 0.3) is 0 Å². The molecule has 0 radical (unpaired) electrons. The van der Waals surface area contributed by atoms with Gasteiger partial charge in [-0.2, -0.15) is 0 Å². The first-order chi connectivity index (χ1) is 8.08. The van der Waals surface area contributed by atoms with Crippen molar-refractivity contribution in [2.45, 2.75) is 19.4 Å². The molecular weight excluding hydrogens is 214 g/mol. The normalized spacial score (nSPS) is 22.8. The molecule has 1 aliphatic rings. The second kappa shape index (κ2) is 4.75. The van der Waals surface area contributed by atoms with Gasteiger partial charge in [-0.25, -0.2) is 5.01 Å². The fraction of sp³-hybridized carbons (Fsp3) is 0.462. The molecule has 2 N–H and O–H groups in total. The van der Waals surface area contributed by atoms with E-state index in [2.05, 4.69) is 29.8 Å². The molecule has 0 fully saturated rings. The largest absolute Gasteiger partial charge is 0.382 e. The van der Waals surface area contributed by atoms with Crippen molar-refractivity contribution >= 4 is 11.6 Å². The van der Waals surface area contributed by atoms with Gasteiger partial charge in [0.2, 0.25) is 5.91 Å². The maximum Gasteiger partial charge on any atom is 0.239 e. The van der Waals surface area contributed by atoms with Crippen molar-refractivity contribution < 1.29 is 4.79 Å². The number of hydrogen-bond donors (Lipinski definition) is 2. The van der Waals surface area contributed by atoms with E-state index >= 15 is 0 Å². The van der Waals surface area contributed by atoms with E-state index in [1.807, 2.05) is 26.2 Å². The molecule has 1 aromatic carbocycles. The SMILES string of the molecule is CC1Nc2ccccc2CC1C(=O)NN(C)C. The van der Waals surface area contributed by atoms with E-state index in [9.17, 15) is 4.79 Å². The zero-order chi connectivity index (χ0) is 12.4. The fourth-order valence-corrected chi connectivity index (χ4v) is 2.22. The molecule has 1 amide bonds. The molecule has 1 aromatic rings. The average molecular weight is 233 g/mol. The number of fused-ring (bicyclic) bond motifs is 1.